The van der Waals surface area contributed by atoms with E-state index in [4.69, 9.17) is 10.5 Å². The zero-order valence-electron chi connectivity index (χ0n) is 29.0. The highest BCUT2D eigenvalue weighted by molar-refractivity contribution is 6.06. The van der Waals surface area contributed by atoms with Gasteiger partial charge in [-0.1, -0.05) is 55.5 Å². The molecule has 0 radical (unpaired) electrons. The smallest absolute Gasteiger partial charge is 0.173 e. The third-order valence-corrected chi connectivity index (χ3v) is 10.7. The molecule has 2 aliphatic rings. The van der Waals surface area contributed by atoms with Gasteiger partial charge in [-0.25, -0.2) is 4.98 Å². The van der Waals surface area contributed by atoms with Crippen LogP contribution in [0.3, 0.4) is 0 Å². The predicted molar refractivity (Wildman–Crippen MR) is 191 cm³/mol. The van der Waals surface area contributed by atoms with Crippen LogP contribution in [-0.4, -0.2) is 62.9 Å². The van der Waals surface area contributed by atoms with Crippen LogP contribution in [0, 0.1) is 41.4 Å². The van der Waals surface area contributed by atoms with Crippen molar-refractivity contribution in [3.63, 3.8) is 0 Å². The van der Waals surface area contributed by atoms with Gasteiger partial charge in [0.1, 0.15) is 5.82 Å². The summed E-state index contributed by atoms with van der Waals surface area (Å²) in [6.07, 6.45) is 3.23. The van der Waals surface area contributed by atoms with Crippen molar-refractivity contribution in [2.24, 2.45) is 29.6 Å². The minimum Gasteiger partial charge on any atom is -0.504 e. The summed E-state index contributed by atoms with van der Waals surface area (Å²) in [5.74, 6) is 4.58. The zero-order chi connectivity index (χ0) is 35.8. The maximum Gasteiger partial charge on any atom is 0.173 e. The number of hydrogen-bond acceptors (Lipinski definition) is 9. The number of nitrogens with two attached hydrogens (primary N) is 1. The van der Waals surface area contributed by atoms with Gasteiger partial charge in [-0.3, -0.25) is 9.59 Å². The van der Waals surface area contributed by atoms with E-state index in [9.17, 15) is 30.0 Å². The molecular formula is C41H50N2O7. The Morgan fingerprint density at radius 2 is 1.80 bits per heavy atom. The van der Waals surface area contributed by atoms with E-state index in [0.29, 0.717) is 37.9 Å². The summed E-state index contributed by atoms with van der Waals surface area (Å²) in [5, 5.41) is 43.3. The maximum atomic E-state index is 14.3. The van der Waals surface area contributed by atoms with Crippen molar-refractivity contribution in [2.75, 3.05) is 19.5 Å². The maximum absolute atomic E-state index is 14.3. The molecule has 1 aromatic heterocycles. The zero-order valence-corrected chi connectivity index (χ0v) is 29.0. The number of carbonyl (C=O) groups is 2. The number of ketones is 2. The summed E-state index contributed by atoms with van der Waals surface area (Å²) in [4.78, 5) is 32.0. The molecule has 8 unspecified atom stereocenters. The van der Waals surface area contributed by atoms with Crippen molar-refractivity contribution in [3.05, 3.63) is 83.0 Å². The molecule has 1 fully saturated rings. The molecule has 0 aliphatic heterocycles. The molecule has 2 aromatic carbocycles. The van der Waals surface area contributed by atoms with Gasteiger partial charge in [0, 0.05) is 31.1 Å². The monoisotopic (exact) mass is 682 g/mol. The number of rotatable bonds is 10. The standard InChI is InChI=1S/C41H50N2O7/c1-3-7-32(35(45)15-17-44)30-20-26(18-25-14-16-43-39(42)21-25)19-28-10-12-31(27-8-5-4-6-9-27)33-24-37(47)38(50-2)23-29(33)11-13-36(46)41(49)40(48)34(28)22-30/h4-6,8-9,14,16,21,23-24,26,28,30-32,34-35,41,44-45,47,49H,3,7,11,13,15,17-20,22H2,1-2H3,(H2,42,43). The first-order valence-electron chi connectivity index (χ1n) is 17.8. The van der Waals surface area contributed by atoms with Crippen LogP contribution in [0.25, 0.3) is 0 Å². The number of nitrogen functional groups attached to an aromatic ring is 1. The number of phenols is 1. The molecule has 3 aromatic rings. The van der Waals surface area contributed by atoms with Gasteiger partial charge in [-0.2, -0.15) is 0 Å². The molecule has 8 atom stereocenters. The first kappa shape index (κ1) is 37.0. The molecule has 6 N–H and O–H groups in total. The first-order chi connectivity index (χ1) is 24.1. The second-order valence-electron chi connectivity index (χ2n) is 14.0. The number of hydrogen-bond donors (Lipinski definition) is 5. The SMILES string of the molecule is CCCC(C(O)CCO)C1CC(Cc2ccnc(N)c2)CC2C#CC(c3ccccc3)c3cc(O)c(OC)cc3CCC(=O)C(O)C(=O)C2C1. The number of aromatic nitrogens is 1. The number of ether oxygens (including phenoxy) is 1. The Morgan fingerprint density at radius 3 is 2.50 bits per heavy atom. The number of nitrogens with zero attached hydrogens (tertiary/aromatic N) is 1. The molecule has 266 valence electrons. The minimum absolute atomic E-state index is 0.0381. The number of aliphatic hydroxyl groups excluding tert-OH is 3. The average molecular weight is 683 g/mol. The van der Waals surface area contributed by atoms with E-state index in [2.05, 4.69) is 23.7 Å². The number of Topliss-reactive ketones (excluding diaryl/α,β-unsaturated/α-hetero) is 2. The molecule has 1 heterocycles. The van der Waals surface area contributed by atoms with Gasteiger partial charge in [0.05, 0.1) is 19.1 Å². The summed E-state index contributed by atoms with van der Waals surface area (Å²) >= 11 is 0. The average Bonchev–Trinajstić information content (AvgIpc) is 3.28. The highest BCUT2D eigenvalue weighted by Crippen LogP contribution is 2.44. The van der Waals surface area contributed by atoms with Crippen LogP contribution in [0.5, 0.6) is 11.5 Å². The van der Waals surface area contributed by atoms with Gasteiger partial charge in [-0.05, 0) is 109 Å². The second-order valence-corrected chi connectivity index (χ2v) is 14.0. The van der Waals surface area contributed by atoms with Crippen LogP contribution in [0.4, 0.5) is 5.82 Å². The van der Waals surface area contributed by atoms with Gasteiger partial charge in [0.15, 0.2) is 29.2 Å². The fourth-order valence-electron chi connectivity index (χ4n) is 8.21. The molecule has 0 bridgehead atoms. The number of fused-ring (bicyclic) bond motifs is 2. The van der Waals surface area contributed by atoms with Crippen molar-refractivity contribution in [2.45, 2.75) is 82.8 Å². The Labute approximate surface area is 294 Å². The molecule has 50 heavy (non-hydrogen) atoms. The van der Waals surface area contributed by atoms with Crippen LogP contribution in [-0.2, 0) is 22.4 Å². The predicted octanol–water partition coefficient (Wildman–Crippen LogP) is 5.01. The number of phenolic OH excluding ortho intramolecular Hbond substituents is 1. The third-order valence-electron chi connectivity index (χ3n) is 10.7. The number of benzene rings is 2. The van der Waals surface area contributed by atoms with Crippen molar-refractivity contribution < 1.29 is 34.8 Å². The second kappa shape index (κ2) is 17.1. The van der Waals surface area contributed by atoms with E-state index in [-0.39, 0.29) is 55.1 Å². The number of aromatic hydroxyl groups is 1. The number of methoxy groups -OCH3 is 1. The lowest BCUT2D eigenvalue weighted by Crippen LogP contribution is -2.39. The van der Waals surface area contributed by atoms with E-state index in [0.717, 1.165) is 28.7 Å². The lowest BCUT2D eigenvalue weighted by molar-refractivity contribution is -0.142. The Morgan fingerprint density at radius 1 is 1.02 bits per heavy atom. The Bertz CT molecular complexity index is 1680. The summed E-state index contributed by atoms with van der Waals surface area (Å²) in [6.45, 7) is 1.90. The highest BCUT2D eigenvalue weighted by Gasteiger charge is 2.43. The molecule has 9 nitrogen and oxygen atoms in total. The Balaban J connectivity index is 1.67. The summed E-state index contributed by atoms with van der Waals surface area (Å²) in [5.41, 5.74) is 9.43. The van der Waals surface area contributed by atoms with Gasteiger partial charge in [-0.15, -0.1) is 0 Å². The van der Waals surface area contributed by atoms with Crippen LogP contribution in [0.15, 0.2) is 60.8 Å². The van der Waals surface area contributed by atoms with Crippen LogP contribution in [0.2, 0.25) is 0 Å². The summed E-state index contributed by atoms with van der Waals surface area (Å²) in [6, 6.07) is 16.9. The molecule has 0 spiro atoms. The summed E-state index contributed by atoms with van der Waals surface area (Å²) < 4.78 is 5.40. The number of pyridine rings is 1. The van der Waals surface area contributed by atoms with E-state index in [1.165, 1.54) is 7.11 Å². The van der Waals surface area contributed by atoms with Crippen molar-refractivity contribution in [3.8, 4) is 23.3 Å². The van der Waals surface area contributed by atoms with E-state index < -0.39 is 41.5 Å². The molecular weight excluding hydrogens is 632 g/mol. The van der Waals surface area contributed by atoms with Crippen molar-refractivity contribution in [1.29, 1.82) is 0 Å². The van der Waals surface area contributed by atoms with E-state index in [1.807, 2.05) is 42.5 Å². The third kappa shape index (κ3) is 8.73. The number of aryl methyl sites for hydroxylation is 1. The highest BCUT2D eigenvalue weighted by atomic mass is 16.5. The fourth-order valence-corrected chi connectivity index (χ4v) is 8.21. The largest absolute Gasteiger partial charge is 0.504 e. The Hall–Kier alpha value is -4.23. The summed E-state index contributed by atoms with van der Waals surface area (Å²) in [7, 11) is 1.46. The number of anilines is 1. The van der Waals surface area contributed by atoms with Gasteiger partial charge in [0.2, 0.25) is 0 Å². The van der Waals surface area contributed by atoms with Gasteiger partial charge in [0.25, 0.3) is 0 Å². The normalized spacial score (nSPS) is 25.4. The van der Waals surface area contributed by atoms with Crippen LogP contribution < -0.4 is 10.5 Å². The number of carbonyl (C=O) groups excluding carboxylic acids is 2. The molecule has 0 amide bonds. The lowest BCUT2D eigenvalue weighted by atomic mass is 9.73. The van der Waals surface area contributed by atoms with E-state index in [1.54, 1.807) is 18.3 Å². The quantitative estimate of drug-likeness (QED) is 0.146. The van der Waals surface area contributed by atoms with Crippen molar-refractivity contribution >= 4 is 17.4 Å². The fraction of sp³-hybridized carbons (Fsp3) is 0.488. The van der Waals surface area contributed by atoms with E-state index >= 15 is 0 Å². The van der Waals surface area contributed by atoms with Gasteiger partial charge < -0.3 is 30.9 Å². The van der Waals surface area contributed by atoms with Gasteiger partial charge >= 0.3 is 0 Å². The topological polar surface area (TPSA) is 163 Å². The minimum atomic E-state index is -1.81. The van der Waals surface area contributed by atoms with Crippen LogP contribution in [0.1, 0.15) is 80.0 Å². The molecule has 9 heteroatoms. The molecule has 1 saturated carbocycles. The first-order valence-corrected chi connectivity index (χ1v) is 17.8. The Kier molecular flexibility index (Phi) is 12.7. The molecule has 2 aliphatic carbocycles. The van der Waals surface area contributed by atoms with Crippen molar-refractivity contribution in [1.82, 2.24) is 4.98 Å². The number of aliphatic hydroxyl groups is 3. The molecule has 0 saturated heterocycles. The lowest BCUT2D eigenvalue weighted by Gasteiger charge is -2.33. The molecule has 5 rings (SSSR count). The van der Waals surface area contributed by atoms with Crippen LogP contribution >= 0.6 is 0 Å².